The van der Waals surface area contributed by atoms with Crippen LogP contribution in [0.3, 0.4) is 0 Å². The monoisotopic (exact) mass is 328 g/mol. The number of carbonyl (C=O) groups excluding carboxylic acids is 1. The fraction of sp³-hybridized carbons (Fsp3) is 0.0714. The molecule has 0 atom stereocenters. The van der Waals surface area contributed by atoms with Crippen LogP contribution in [0.5, 0.6) is 0 Å². The molecule has 0 saturated heterocycles. The van der Waals surface area contributed by atoms with Gasteiger partial charge in [0.25, 0.3) is 5.91 Å². The molecule has 0 unspecified atom stereocenters. The zero-order valence-corrected chi connectivity index (χ0v) is 12.6. The molecule has 0 aromatic carbocycles. The topological polar surface area (TPSA) is 113 Å². The molecular weight excluding hydrogens is 316 g/mol. The van der Waals surface area contributed by atoms with Crippen LogP contribution in [-0.4, -0.2) is 30.9 Å². The first kappa shape index (κ1) is 15.0. The third-order valence-electron chi connectivity index (χ3n) is 2.80. The van der Waals surface area contributed by atoms with E-state index in [0.717, 1.165) is 0 Å². The van der Waals surface area contributed by atoms with Gasteiger partial charge >= 0.3 is 0 Å². The summed E-state index contributed by atoms with van der Waals surface area (Å²) in [7, 11) is 0. The maximum atomic E-state index is 12.4. The van der Waals surface area contributed by atoms with Crippen LogP contribution in [0.1, 0.15) is 16.2 Å². The second-order valence-corrected chi connectivity index (χ2v) is 5.27. The summed E-state index contributed by atoms with van der Waals surface area (Å²) in [6, 6.07) is 3.45. The highest BCUT2D eigenvalue weighted by atomic mass is 32.1. The van der Waals surface area contributed by atoms with Gasteiger partial charge in [0.1, 0.15) is 6.33 Å². The number of carbonyl (C=O) groups is 1. The van der Waals surface area contributed by atoms with Crippen LogP contribution >= 0.6 is 11.3 Å². The number of aliphatic hydroxyl groups excluding tert-OH is 1. The van der Waals surface area contributed by atoms with Crippen LogP contribution in [0, 0.1) is 0 Å². The molecule has 9 heteroatoms. The summed E-state index contributed by atoms with van der Waals surface area (Å²) in [5.74, 6) is -0.399. The van der Waals surface area contributed by atoms with E-state index in [1.807, 2.05) is 0 Å². The minimum absolute atomic E-state index is 0.170. The van der Waals surface area contributed by atoms with Gasteiger partial charge in [-0.1, -0.05) is 0 Å². The first-order chi connectivity index (χ1) is 11.3. The molecule has 0 aliphatic rings. The summed E-state index contributed by atoms with van der Waals surface area (Å²) in [5.41, 5.74) is 1.90. The van der Waals surface area contributed by atoms with Crippen molar-refractivity contribution in [3.8, 4) is 0 Å². The molecule has 0 aliphatic heterocycles. The Kier molecular flexibility index (Phi) is 4.50. The first-order valence-electron chi connectivity index (χ1n) is 6.60. The van der Waals surface area contributed by atoms with E-state index in [-0.39, 0.29) is 12.3 Å². The van der Waals surface area contributed by atoms with Crippen LogP contribution in [-0.2, 0) is 6.61 Å². The molecule has 23 heavy (non-hydrogen) atoms. The summed E-state index contributed by atoms with van der Waals surface area (Å²) < 4.78 is 0. The Bertz CT molecular complexity index is 808. The molecule has 8 nitrogen and oxygen atoms in total. The largest absolute Gasteiger partial charge is 0.390 e. The number of thiazole rings is 1. The van der Waals surface area contributed by atoms with E-state index in [2.05, 4.69) is 30.6 Å². The van der Waals surface area contributed by atoms with Gasteiger partial charge in [-0.05, 0) is 12.1 Å². The maximum Gasteiger partial charge on any atom is 0.278 e. The predicted octanol–water partition coefficient (Wildman–Crippen LogP) is 1.82. The quantitative estimate of drug-likeness (QED) is 0.654. The summed E-state index contributed by atoms with van der Waals surface area (Å²) in [4.78, 5) is 28.4. The van der Waals surface area contributed by atoms with Gasteiger partial charge in [-0.2, -0.15) is 0 Å². The highest BCUT2D eigenvalue weighted by molar-refractivity contribution is 7.13. The van der Waals surface area contributed by atoms with Gasteiger partial charge in [0.05, 0.1) is 36.1 Å². The molecule has 3 rings (SSSR count). The molecule has 0 spiro atoms. The standard InChI is InChI=1S/C14H12N6O2S/c21-6-10-7-23-14(19-10)20-13(22)12-11(2-1-3-17-12)18-9-4-15-8-16-5-9/h1-5,7-8,18,21H,6H2,(H,19,20,22). The fourth-order valence-corrected chi connectivity index (χ4v) is 2.50. The lowest BCUT2D eigenvalue weighted by molar-refractivity contribution is 0.102. The molecule has 0 bridgehead atoms. The molecule has 3 aromatic heterocycles. The van der Waals surface area contributed by atoms with Gasteiger partial charge in [0.2, 0.25) is 0 Å². The zero-order chi connectivity index (χ0) is 16.1. The molecule has 116 valence electrons. The number of nitrogens with one attached hydrogen (secondary N) is 2. The predicted molar refractivity (Wildman–Crippen MR) is 85.5 cm³/mol. The van der Waals surface area contributed by atoms with Crippen molar-refractivity contribution in [1.82, 2.24) is 19.9 Å². The van der Waals surface area contributed by atoms with E-state index < -0.39 is 5.91 Å². The van der Waals surface area contributed by atoms with Crippen LogP contribution in [0.2, 0.25) is 0 Å². The average Bonchev–Trinajstić information content (AvgIpc) is 3.04. The Morgan fingerprint density at radius 2 is 2.13 bits per heavy atom. The van der Waals surface area contributed by atoms with E-state index in [9.17, 15) is 4.79 Å². The number of hydrogen-bond donors (Lipinski definition) is 3. The van der Waals surface area contributed by atoms with Gasteiger partial charge in [-0.3, -0.25) is 10.1 Å². The van der Waals surface area contributed by atoms with E-state index in [4.69, 9.17) is 5.11 Å². The number of nitrogens with zero attached hydrogens (tertiary/aromatic N) is 4. The Balaban J connectivity index is 1.80. The van der Waals surface area contributed by atoms with Crippen molar-refractivity contribution < 1.29 is 9.90 Å². The fourth-order valence-electron chi connectivity index (χ4n) is 1.80. The van der Waals surface area contributed by atoms with Crippen molar-refractivity contribution in [3.05, 3.63) is 53.8 Å². The molecule has 3 N–H and O–H groups in total. The van der Waals surface area contributed by atoms with Crippen LogP contribution in [0.25, 0.3) is 0 Å². The zero-order valence-electron chi connectivity index (χ0n) is 11.8. The van der Waals surface area contributed by atoms with E-state index >= 15 is 0 Å². The van der Waals surface area contributed by atoms with E-state index in [1.54, 1.807) is 29.9 Å². The van der Waals surface area contributed by atoms with Crippen molar-refractivity contribution in [2.24, 2.45) is 0 Å². The summed E-state index contributed by atoms with van der Waals surface area (Å²) >= 11 is 1.24. The van der Waals surface area contributed by atoms with Gasteiger partial charge < -0.3 is 10.4 Å². The smallest absolute Gasteiger partial charge is 0.278 e. The van der Waals surface area contributed by atoms with Crippen molar-refractivity contribution in [3.63, 3.8) is 0 Å². The van der Waals surface area contributed by atoms with Crippen molar-refractivity contribution in [2.75, 3.05) is 10.6 Å². The third kappa shape index (κ3) is 3.65. The van der Waals surface area contributed by atoms with Gasteiger partial charge in [0, 0.05) is 11.6 Å². The Hall–Kier alpha value is -2.91. The number of rotatable bonds is 5. The summed E-state index contributed by atoms with van der Waals surface area (Å²) in [5, 5.41) is 16.8. The van der Waals surface area contributed by atoms with Crippen LogP contribution in [0.15, 0.2) is 42.4 Å². The Labute approximate surface area is 135 Å². The lowest BCUT2D eigenvalue weighted by Crippen LogP contribution is -2.15. The normalized spacial score (nSPS) is 10.3. The van der Waals surface area contributed by atoms with E-state index in [1.165, 1.54) is 23.9 Å². The summed E-state index contributed by atoms with van der Waals surface area (Å²) in [6.07, 6.45) is 6.14. The summed E-state index contributed by atoms with van der Waals surface area (Å²) in [6.45, 7) is -0.170. The molecule has 1 amide bonds. The van der Waals surface area contributed by atoms with Crippen LogP contribution < -0.4 is 10.6 Å². The first-order valence-corrected chi connectivity index (χ1v) is 7.48. The number of anilines is 3. The molecule has 0 radical (unpaired) electrons. The molecular formula is C14H12N6O2S. The molecule has 0 saturated carbocycles. The molecule has 0 fully saturated rings. The van der Waals surface area contributed by atoms with Gasteiger partial charge in [0.15, 0.2) is 10.8 Å². The lowest BCUT2D eigenvalue weighted by atomic mass is 10.2. The molecule has 3 aromatic rings. The lowest BCUT2D eigenvalue weighted by Gasteiger charge is -2.09. The number of hydrogen-bond acceptors (Lipinski definition) is 8. The molecule has 0 aliphatic carbocycles. The van der Waals surface area contributed by atoms with Crippen molar-refractivity contribution in [2.45, 2.75) is 6.61 Å². The minimum atomic E-state index is -0.399. The SMILES string of the molecule is O=C(Nc1nc(CO)cs1)c1ncccc1Nc1cncnc1. The number of amides is 1. The molecule has 3 heterocycles. The highest BCUT2D eigenvalue weighted by Gasteiger charge is 2.15. The minimum Gasteiger partial charge on any atom is -0.390 e. The third-order valence-corrected chi connectivity index (χ3v) is 3.60. The van der Waals surface area contributed by atoms with Crippen molar-refractivity contribution >= 4 is 33.8 Å². The Morgan fingerprint density at radius 1 is 1.30 bits per heavy atom. The van der Waals surface area contributed by atoms with Gasteiger partial charge in [-0.25, -0.2) is 19.9 Å². The van der Waals surface area contributed by atoms with Crippen molar-refractivity contribution in [1.29, 1.82) is 0 Å². The van der Waals surface area contributed by atoms with Gasteiger partial charge in [-0.15, -0.1) is 11.3 Å². The highest BCUT2D eigenvalue weighted by Crippen LogP contribution is 2.21. The average molecular weight is 328 g/mol. The maximum absolute atomic E-state index is 12.4. The van der Waals surface area contributed by atoms with Crippen LogP contribution in [0.4, 0.5) is 16.5 Å². The Morgan fingerprint density at radius 3 is 2.87 bits per heavy atom. The number of pyridine rings is 1. The van der Waals surface area contributed by atoms with E-state index in [0.29, 0.717) is 22.2 Å². The number of aromatic nitrogens is 4. The number of aliphatic hydroxyl groups is 1. The second kappa shape index (κ2) is 6.90. The second-order valence-electron chi connectivity index (χ2n) is 4.41.